The molecule has 0 spiro atoms. The number of hydrogen-bond donors (Lipinski definition) is 1. The van der Waals surface area contributed by atoms with Crippen molar-refractivity contribution in [3.8, 4) is 0 Å². The number of carbonyl (C=O) groups excluding carboxylic acids is 1. The average molecular weight is 382 g/mol. The van der Waals surface area contributed by atoms with Crippen molar-refractivity contribution < 1.29 is 9.53 Å². The number of aryl methyl sites for hydroxylation is 3. The van der Waals surface area contributed by atoms with E-state index in [4.69, 9.17) is 4.74 Å². The van der Waals surface area contributed by atoms with Crippen LogP contribution in [0, 0.1) is 13.8 Å². The van der Waals surface area contributed by atoms with Gasteiger partial charge in [-0.2, -0.15) is 0 Å². The molecule has 0 aliphatic heterocycles. The van der Waals surface area contributed by atoms with E-state index in [0.717, 1.165) is 22.6 Å². The molecule has 1 N–H and O–H groups in total. The molecule has 0 fully saturated rings. The van der Waals surface area contributed by atoms with Crippen LogP contribution in [0.25, 0.3) is 11.0 Å². The average Bonchev–Trinajstić information content (AvgIpc) is 2.98. The van der Waals surface area contributed by atoms with Crippen molar-refractivity contribution in [2.75, 3.05) is 13.7 Å². The molecule has 0 saturated carbocycles. The second-order valence-corrected chi connectivity index (χ2v) is 7.01. The highest BCUT2D eigenvalue weighted by atomic mass is 16.5. The highest BCUT2D eigenvalue weighted by Gasteiger charge is 2.22. The number of para-hydroxylation sites is 2. The number of nitrogens with zero attached hydrogens (tertiary/aromatic N) is 3. The summed E-state index contributed by atoms with van der Waals surface area (Å²) in [5, 5.41) is 2.93. The van der Waals surface area contributed by atoms with Gasteiger partial charge in [0.15, 0.2) is 0 Å². The molecule has 0 unspecified atom stereocenters. The van der Waals surface area contributed by atoms with Crippen LogP contribution in [0.2, 0.25) is 0 Å². The lowest BCUT2D eigenvalue weighted by molar-refractivity contribution is 0.0934. The molecule has 0 aliphatic carbocycles. The molecule has 2 heterocycles. The zero-order valence-electron chi connectivity index (χ0n) is 16.9. The molecule has 1 aromatic carbocycles. The van der Waals surface area contributed by atoms with Crippen LogP contribution in [0.4, 0.5) is 0 Å². The summed E-state index contributed by atoms with van der Waals surface area (Å²) in [7, 11) is 3.50. The molecule has 28 heavy (non-hydrogen) atoms. The Morgan fingerprint density at radius 2 is 2.00 bits per heavy atom. The molecule has 1 amide bonds. The Balaban J connectivity index is 1.92. The van der Waals surface area contributed by atoms with E-state index in [0.29, 0.717) is 18.7 Å². The summed E-state index contributed by atoms with van der Waals surface area (Å²) >= 11 is 0. The van der Waals surface area contributed by atoms with E-state index in [-0.39, 0.29) is 17.2 Å². The fourth-order valence-corrected chi connectivity index (χ4v) is 3.55. The van der Waals surface area contributed by atoms with Crippen LogP contribution in [0.3, 0.4) is 0 Å². The molecule has 2 aromatic heterocycles. The number of methoxy groups -OCH3 is 1. The molecular formula is C21H26N4O3. The monoisotopic (exact) mass is 382 g/mol. The number of carbonyl (C=O) groups is 1. The van der Waals surface area contributed by atoms with Crippen LogP contribution in [0.1, 0.15) is 40.4 Å². The summed E-state index contributed by atoms with van der Waals surface area (Å²) in [6, 6.07) is 9.31. The first-order valence-corrected chi connectivity index (χ1v) is 9.27. The van der Waals surface area contributed by atoms with Gasteiger partial charge in [-0.3, -0.25) is 9.59 Å². The van der Waals surface area contributed by atoms with Crippen molar-refractivity contribution >= 4 is 16.9 Å². The molecule has 7 heteroatoms. The largest absolute Gasteiger partial charge is 0.383 e. The zero-order valence-corrected chi connectivity index (χ0v) is 16.9. The third-order valence-electron chi connectivity index (χ3n) is 5.01. The SMILES string of the molecule is COCCn1c(C)cc(C)c(C(=O)N[C@@H](C)c2nc3ccccc3n2C)c1=O. The fourth-order valence-electron chi connectivity index (χ4n) is 3.55. The van der Waals surface area contributed by atoms with E-state index in [1.54, 1.807) is 18.6 Å². The number of pyridine rings is 1. The number of imidazole rings is 1. The number of amides is 1. The quantitative estimate of drug-likeness (QED) is 0.710. The fraction of sp³-hybridized carbons (Fsp3) is 0.381. The third-order valence-corrected chi connectivity index (χ3v) is 5.01. The molecule has 7 nitrogen and oxygen atoms in total. The predicted octanol–water partition coefficient (Wildman–Crippen LogP) is 2.49. The minimum absolute atomic E-state index is 0.160. The zero-order chi connectivity index (χ0) is 20.4. The second-order valence-electron chi connectivity index (χ2n) is 7.01. The van der Waals surface area contributed by atoms with Gasteiger partial charge in [0, 0.05) is 26.4 Å². The van der Waals surface area contributed by atoms with Gasteiger partial charge in [-0.1, -0.05) is 12.1 Å². The Morgan fingerprint density at radius 3 is 2.68 bits per heavy atom. The maximum absolute atomic E-state index is 12.9. The Labute approximate surface area is 164 Å². The number of aromatic nitrogens is 3. The van der Waals surface area contributed by atoms with Crippen LogP contribution < -0.4 is 10.9 Å². The molecule has 0 bridgehead atoms. The molecule has 148 valence electrons. The number of benzene rings is 1. The van der Waals surface area contributed by atoms with Crippen molar-refractivity contribution in [2.24, 2.45) is 7.05 Å². The summed E-state index contributed by atoms with van der Waals surface area (Å²) in [6.45, 7) is 6.31. The van der Waals surface area contributed by atoms with Crippen molar-refractivity contribution in [3.05, 3.63) is 63.3 Å². The molecule has 0 saturated heterocycles. The van der Waals surface area contributed by atoms with E-state index in [1.165, 1.54) is 0 Å². The number of ether oxygens (including phenoxy) is 1. The van der Waals surface area contributed by atoms with E-state index in [1.807, 2.05) is 55.8 Å². The molecule has 0 radical (unpaired) electrons. The lowest BCUT2D eigenvalue weighted by Gasteiger charge is -2.17. The van der Waals surface area contributed by atoms with Crippen molar-refractivity contribution in [2.45, 2.75) is 33.4 Å². The topological polar surface area (TPSA) is 78.2 Å². The van der Waals surface area contributed by atoms with Gasteiger partial charge in [0.2, 0.25) is 0 Å². The summed E-state index contributed by atoms with van der Waals surface area (Å²) in [4.78, 5) is 30.5. The summed E-state index contributed by atoms with van der Waals surface area (Å²) in [5.41, 5.74) is 3.18. The minimum Gasteiger partial charge on any atom is -0.383 e. The van der Waals surface area contributed by atoms with E-state index in [9.17, 15) is 9.59 Å². The minimum atomic E-state index is -0.395. The second kappa shape index (κ2) is 7.98. The third kappa shape index (κ3) is 3.57. The molecular weight excluding hydrogens is 356 g/mol. The van der Waals surface area contributed by atoms with Gasteiger partial charge < -0.3 is 19.2 Å². The van der Waals surface area contributed by atoms with Crippen LogP contribution >= 0.6 is 0 Å². The van der Waals surface area contributed by atoms with Crippen LogP contribution in [0.15, 0.2) is 35.1 Å². The molecule has 1 atom stereocenters. The van der Waals surface area contributed by atoms with Gasteiger partial charge >= 0.3 is 0 Å². The first kappa shape index (κ1) is 19.8. The number of nitrogens with one attached hydrogen (secondary N) is 1. The standard InChI is InChI=1S/C21H26N4O3/c1-13-12-14(2)25(10-11-28-5)21(27)18(13)20(26)22-15(3)19-23-16-8-6-7-9-17(16)24(19)4/h6-9,12,15H,10-11H2,1-5H3,(H,22,26)/t15-/m0/s1. The molecule has 3 aromatic rings. The maximum atomic E-state index is 12.9. The van der Waals surface area contributed by atoms with E-state index < -0.39 is 5.91 Å². The van der Waals surface area contributed by atoms with Gasteiger partial charge in [0.1, 0.15) is 11.4 Å². The first-order chi connectivity index (χ1) is 13.3. The summed E-state index contributed by atoms with van der Waals surface area (Å²) < 4.78 is 8.61. The highest BCUT2D eigenvalue weighted by Crippen LogP contribution is 2.19. The van der Waals surface area contributed by atoms with Gasteiger partial charge in [0.05, 0.1) is 23.7 Å². The number of hydrogen-bond acceptors (Lipinski definition) is 4. The molecule has 0 aliphatic rings. The predicted molar refractivity (Wildman–Crippen MR) is 109 cm³/mol. The van der Waals surface area contributed by atoms with Gasteiger partial charge in [0.25, 0.3) is 11.5 Å². The maximum Gasteiger partial charge on any atom is 0.263 e. The van der Waals surface area contributed by atoms with Crippen LogP contribution in [-0.2, 0) is 18.3 Å². The lowest BCUT2D eigenvalue weighted by Crippen LogP contribution is -2.37. The Morgan fingerprint density at radius 1 is 1.29 bits per heavy atom. The van der Waals surface area contributed by atoms with Crippen molar-refractivity contribution in [1.29, 1.82) is 0 Å². The van der Waals surface area contributed by atoms with Crippen molar-refractivity contribution in [3.63, 3.8) is 0 Å². The van der Waals surface area contributed by atoms with E-state index >= 15 is 0 Å². The summed E-state index contributed by atoms with van der Waals surface area (Å²) in [5.74, 6) is 0.340. The Hall–Kier alpha value is -2.93. The molecule has 3 rings (SSSR count). The summed E-state index contributed by atoms with van der Waals surface area (Å²) in [6.07, 6.45) is 0. The first-order valence-electron chi connectivity index (χ1n) is 9.27. The highest BCUT2D eigenvalue weighted by molar-refractivity contribution is 5.95. The Bertz CT molecular complexity index is 1080. The van der Waals surface area contributed by atoms with Crippen LogP contribution in [0.5, 0.6) is 0 Å². The lowest BCUT2D eigenvalue weighted by atomic mass is 10.1. The Kier molecular flexibility index (Phi) is 5.65. The number of rotatable bonds is 6. The van der Waals surface area contributed by atoms with Gasteiger partial charge in [-0.15, -0.1) is 0 Å². The number of fused-ring (bicyclic) bond motifs is 1. The normalized spacial score (nSPS) is 12.3. The van der Waals surface area contributed by atoms with E-state index in [2.05, 4.69) is 10.3 Å². The van der Waals surface area contributed by atoms with Crippen LogP contribution in [-0.4, -0.2) is 33.7 Å². The van der Waals surface area contributed by atoms with Gasteiger partial charge in [-0.05, 0) is 44.5 Å². The smallest absolute Gasteiger partial charge is 0.263 e. The van der Waals surface area contributed by atoms with Crippen molar-refractivity contribution in [1.82, 2.24) is 19.4 Å². The van der Waals surface area contributed by atoms with Gasteiger partial charge in [-0.25, -0.2) is 4.98 Å².